The van der Waals surface area contributed by atoms with E-state index in [1.807, 2.05) is 26.0 Å². The van der Waals surface area contributed by atoms with Crippen molar-refractivity contribution in [3.63, 3.8) is 0 Å². The Balaban J connectivity index is 1.81. The van der Waals surface area contributed by atoms with Crippen LogP contribution in [0.5, 0.6) is 5.75 Å². The second-order valence-electron chi connectivity index (χ2n) is 6.06. The van der Waals surface area contributed by atoms with Crippen LogP contribution in [0, 0.1) is 13.8 Å². The highest BCUT2D eigenvalue weighted by Gasteiger charge is 2.36. The SMILES string of the molecule is Cc1ccc(N2C(=O)S/C(=C/c3ccc(OCC(=O)O)cc3)C2=O)c(C)c1. The van der Waals surface area contributed by atoms with Gasteiger partial charge in [-0.1, -0.05) is 29.8 Å². The first-order chi connectivity index (χ1) is 12.8. The van der Waals surface area contributed by atoms with Gasteiger partial charge in [-0.15, -0.1) is 0 Å². The van der Waals surface area contributed by atoms with E-state index in [0.717, 1.165) is 22.9 Å². The summed E-state index contributed by atoms with van der Waals surface area (Å²) in [5.74, 6) is -1.000. The summed E-state index contributed by atoms with van der Waals surface area (Å²) in [6, 6.07) is 12.2. The number of amides is 2. The predicted molar refractivity (Wildman–Crippen MR) is 104 cm³/mol. The number of carbonyl (C=O) groups is 3. The van der Waals surface area contributed by atoms with Gasteiger partial charge in [-0.25, -0.2) is 9.69 Å². The molecule has 0 unspecified atom stereocenters. The third kappa shape index (κ3) is 4.20. The highest BCUT2D eigenvalue weighted by Crippen LogP contribution is 2.37. The highest BCUT2D eigenvalue weighted by molar-refractivity contribution is 8.19. The number of imide groups is 1. The summed E-state index contributed by atoms with van der Waals surface area (Å²) in [4.78, 5) is 37.1. The largest absolute Gasteiger partial charge is 0.482 e. The van der Waals surface area contributed by atoms with E-state index >= 15 is 0 Å². The molecule has 27 heavy (non-hydrogen) atoms. The van der Waals surface area contributed by atoms with Gasteiger partial charge in [0, 0.05) is 0 Å². The summed E-state index contributed by atoms with van der Waals surface area (Å²) in [5.41, 5.74) is 3.22. The number of anilines is 1. The van der Waals surface area contributed by atoms with Crippen LogP contribution in [-0.2, 0) is 9.59 Å². The van der Waals surface area contributed by atoms with Crippen molar-refractivity contribution < 1.29 is 24.2 Å². The van der Waals surface area contributed by atoms with Crippen molar-refractivity contribution in [1.29, 1.82) is 0 Å². The van der Waals surface area contributed by atoms with Gasteiger partial charge in [0.25, 0.3) is 11.1 Å². The predicted octanol–water partition coefficient (Wildman–Crippen LogP) is 4.01. The summed E-state index contributed by atoms with van der Waals surface area (Å²) >= 11 is 0.892. The third-order valence-electron chi connectivity index (χ3n) is 3.93. The summed E-state index contributed by atoms with van der Waals surface area (Å²) in [6.45, 7) is 3.40. The van der Waals surface area contributed by atoms with Crippen molar-refractivity contribution >= 4 is 40.6 Å². The first kappa shape index (κ1) is 18.7. The normalized spacial score (nSPS) is 15.5. The monoisotopic (exact) mass is 383 g/mol. The van der Waals surface area contributed by atoms with Gasteiger partial charge in [-0.05, 0) is 61.0 Å². The molecule has 0 aromatic heterocycles. The van der Waals surface area contributed by atoms with E-state index < -0.39 is 12.6 Å². The summed E-state index contributed by atoms with van der Waals surface area (Å²) in [6.07, 6.45) is 1.63. The maximum Gasteiger partial charge on any atom is 0.341 e. The van der Waals surface area contributed by atoms with Crippen molar-refractivity contribution in [2.24, 2.45) is 0 Å². The number of benzene rings is 2. The lowest BCUT2D eigenvalue weighted by atomic mass is 10.1. The van der Waals surface area contributed by atoms with Gasteiger partial charge in [-0.3, -0.25) is 9.59 Å². The molecule has 0 spiro atoms. The maximum atomic E-state index is 12.7. The molecule has 2 aromatic carbocycles. The van der Waals surface area contributed by atoms with E-state index in [1.54, 1.807) is 36.4 Å². The molecule has 1 aliphatic heterocycles. The Labute approximate surface area is 160 Å². The topological polar surface area (TPSA) is 83.9 Å². The van der Waals surface area contributed by atoms with Gasteiger partial charge < -0.3 is 9.84 Å². The maximum absolute atomic E-state index is 12.7. The number of hydrogen-bond acceptors (Lipinski definition) is 5. The minimum absolute atomic E-state index is 0.333. The Morgan fingerprint density at radius 3 is 2.48 bits per heavy atom. The Morgan fingerprint density at radius 1 is 1.15 bits per heavy atom. The van der Waals surface area contributed by atoms with E-state index in [4.69, 9.17) is 9.84 Å². The lowest BCUT2D eigenvalue weighted by molar-refractivity contribution is -0.139. The number of ether oxygens (including phenoxy) is 1. The zero-order valence-electron chi connectivity index (χ0n) is 14.8. The Hall–Kier alpha value is -3.06. The van der Waals surface area contributed by atoms with Crippen LogP contribution in [0.15, 0.2) is 47.4 Å². The molecule has 1 saturated heterocycles. The molecule has 0 saturated carbocycles. The molecule has 1 fully saturated rings. The second kappa shape index (κ2) is 7.67. The Kier molecular flexibility index (Phi) is 5.32. The van der Waals surface area contributed by atoms with Crippen LogP contribution in [-0.4, -0.2) is 28.8 Å². The van der Waals surface area contributed by atoms with Crippen LogP contribution in [0.25, 0.3) is 6.08 Å². The number of carboxylic acid groups (broad SMARTS) is 1. The molecule has 0 bridgehead atoms. The minimum Gasteiger partial charge on any atom is -0.482 e. The number of hydrogen-bond donors (Lipinski definition) is 1. The van der Waals surface area contributed by atoms with Crippen molar-refractivity contribution in [3.8, 4) is 5.75 Å². The second-order valence-corrected chi connectivity index (χ2v) is 7.05. The molecule has 2 amide bonds. The van der Waals surface area contributed by atoms with Gasteiger partial charge in [0.1, 0.15) is 5.75 Å². The molecular formula is C20H17NO5S. The van der Waals surface area contributed by atoms with E-state index in [9.17, 15) is 14.4 Å². The molecule has 2 aromatic rings. The molecule has 6 nitrogen and oxygen atoms in total. The van der Waals surface area contributed by atoms with Crippen molar-refractivity contribution in [2.75, 3.05) is 11.5 Å². The van der Waals surface area contributed by atoms with E-state index in [1.165, 1.54) is 4.90 Å². The van der Waals surface area contributed by atoms with Gasteiger partial charge >= 0.3 is 5.97 Å². The number of nitrogens with zero attached hydrogens (tertiary/aromatic N) is 1. The zero-order chi connectivity index (χ0) is 19.6. The van der Waals surface area contributed by atoms with Crippen molar-refractivity contribution in [2.45, 2.75) is 13.8 Å². The number of aryl methyl sites for hydroxylation is 2. The van der Waals surface area contributed by atoms with Crippen LogP contribution < -0.4 is 9.64 Å². The lowest BCUT2D eigenvalue weighted by Gasteiger charge is -2.15. The fraction of sp³-hybridized carbons (Fsp3) is 0.150. The number of carbonyl (C=O) groups excluding carboxylic acids is 2. The van der Waals surface area contributed by atoms with Crippen LogP contribution >= 0.6 is 11.8 Å². The van der Waals surface area contributed by atoms with Crippen LogP contribution in [0.1, 0.15) is 16.7 Å². The standard InChI is InChI=1S/C20H17NO5S/c1-12-3-8-16(13(2)9-12)21-19(24)17(27-20(21)25)10-14-4-6-15(7-5-14)26-11-18(22)23/h3-10H,11H2,1-2H3,(H,22,23)/b17-10+. The van der Waals surface area contributed by atoms with Gasteiger partial charge in [0.05, 0.1) is 10.6 Å². The van der Waals surface area contributed by atoms with Crippen molar-refractivity contribution in [1.82, 2.24) is 0 Å². The quantitative estimate of drug-likeness (QED) is 0.786. The van der Waals surface area contributed by atoms with Crippen molar-refractivity contribution in [3.05, 3.63) is 64.1 Å². The average Bonchev–Trinajstić information content (AvgIpc) is 2.88. The molecular weight excluding hydrogens is 366 g/mol. The number of carboxylic acids is 1. The first-order valence-corrected chi connectivity index (χ1v) is 8.96. The number of thioether (sulfide) groups is 1. The van der Waals surface area contributed by atoms with Gasteiger partial charge in [0.2, 0.25) is 0 Å². The molecule has 0 radical (unpaired) electrons. The fourth-order valence-electron chi connectivity index (χ4n) is 2.69. The summed E-state index contributed by atoms with van der Waals surface area (Å²) in [7, 11) is 0. The summed E-state index contributed by atoms with van der Waals surface area (Å²) < 4.78 is 5.07. The number of rotatable bonds is 5. The van der Waals surface area contributed by atoms with Crippen LogP contribution in [0.4, 0.5) is 10.5 Å². The molecule has 1 N–H and O–H groups in total. The molecule has 138 valence electrons. The van der Waals surface area contributed by atoms with Gasteiger partial charge in [0.15, 0.2) is 6.61 Å². The first-order valence-electron chi connectivity index (χ1n) is 8.15. The fourth-order valence-corrected chi connectivity index (χ4v) is 3.52. The Bertz CT molecular complexity index is 949. The van der Waals surface area contributed by atoms with Crippen LogP contribution in [0.2, 0.25) is 0 Å². The zero-order valence-corrected chi connectivity index (χ0v) is 15.6. The number of aliphatic carboxylic acids is 1. The van der Waals surface area contributed by atoms with E-state index in [2.05, 4.69) is 0 Å². The molecule has 1 aliphatic rings. The highest BCUT2D eigenvalue weighted by atomic mass is 32.2. The molecule has 1 heterocycles. The Morgan fingerprint density at radius 2 is 1.85 bits per heavy atom. The van der Waals surface area contributed by atoms with Crippen LogP contribution in [0.3, 0.4) is 0 Å². The lowest BCUT2D eigenvalue weighted by Crippen LogP contribution is -2.28. The van der Waals surface area contributed by atoms with Gasteiger partial charge in [-0.2, -0.15) is 0 Å². The van der Waals surface area contributed by atoms with E-state index in [-0.39, 0.29) is 11.1 Å². The summed E-state index contributed by atoms with van der Waals surface area (Å²) in [5, 5.41) is 8.28. The molecule has 0 atom stereocenters. The smallest absolute Gasteiger partial charge is 0.341 e. The third-order valence-corrected chi connectivity index (χ3v) is 4.80. The molecule has 0 aliphatic carbocycles. The molecule has 7 heteroatoms. The average molecular weight is 383 g/mol. The molecule has 3 rings (SSSR count). The minimum atomic E-state index is -1.06. The van der Waals surface area contributed by atoms with E-state index in [0.29, 0.717) is 21.9 Å².